The van der Waals surface area contributed by atoms with E-state index >= 15 is 0 Å². The molecule has 2 aliphatic rings. The lowest BCUT2D eigenvalue weighted by atomic mass is 9.99. The molecule has 5 N–H and O–H groups in total. The van der Waals surface area contributed by atoms with E-state index < -0.39 is 37.3 Å². The third-order valence-electron chi connectivity index (χ3n) is 4.93. The first-order chi connectivity index (χ1) is 14.4. The summed E-state index contributed by atoms with van der Waals surface area (Å²) in [6.45, 7) is -0.571. The van der Waals surface area contributed by atoms with Crippen LogP contribution in [-0.2, 0) is 4.74 Å². The summed E-state index contributed by atoms with van der Waals surface area (Å²) in [5, 5.41) is 48.4. The molecule has 30 heavy (non-hydrogen) atoms. The van der Waals surface area contributed by atoms with Gasteiger partial charge in [0.05, 0.1) is 12.2 Å². The van der Waals surface area contributed by atoms with Crippen molar-refractivity contribution in [2.24, 2.45) is 0 Å². The molecular formula is C21H20O9. The number of hydrogen-bond acceptors (Lipinski definition) is 9. The molecule has 0 aromatic heterocycles. The number of phenols is 1. The van der Waals surface area contributed by atoms with Gasteiger partial charge in [0, 0.05) is 6.07 Å². The summed E-state index contributed by atoms with van der Waals surface area (Å²) < 4.78 is 16.5. The van der Waals surface area contributed by atoms with Gasteiger partial charge in [-0.3, -0.25) is 4.79 Å². The van der Waals surface area contributed by atoms with E-state index in [1.54, 1.807) is 18.2 Å². The van der Waals surface area contributed by atoms with Crippen LogP contribution >= 0.6 is 0 Å². The Morgan fingerprint density at radius 1 is 1.00 bits per heavy atom. The monoisotopic (exact) mass is 416 g/mol. The normalized spacial score (nSPS) is 29.5. The standard InChI is InChI=1S/C21H20O9/c22-9-16-18(25)19(26)20(27)21(30-16)28-12-5-6-13-14(8-12)29-15(17(13)24)7-10-1-3-11(23)4-2-10/h1-8,16,18-23,25-27H,9H2/t16?,18-,19+,20?,21-/m1/s1. The van der Waals surface area contributed by atoms with Crippen LogP contribution in [0.25, 0.3) is 6.08 Å². The SMILES string of the molecule is O=C1C(=Cc2ccc(O)cc2)Oc2cc(O[C@@H]3OC(CO)[C@@H](O)[C@H](O)C3O)ccc21. The molecule has 9 nitrogen and oxygen atoms in total. The molecule has 2 heterocycles. The third-order valence-corrected chi connectivity index (χ3v) is 4.93. The fourth-order valence-electron chi connectivity index (χ4n) is 3.26. The Bertz CT molecular complexity index is 967. The van der Waals surface area contributed by atoms with Crippen molar-refractivity contribution in [1.29, 1.82) is 0 Å². The molecule has 158 valence electrons. The van der Waals surface area contributed by atoms with Crippen molar-refractivity contribution in [1.82, 2.24) is 0 Å². The summed E-state index contributed by atoms with van der Waals surface area (Å²) in [5.74, 6) is 0.316. The molecular weight excluding hydrogens is 396 g/mol. The number of aromatic hydroxyl groups is 1. The lowest BCUT2D eigenvalue weighted by molar-refractivity contribution is -0.277. The van der Waals surface area contributed by atoms with E-state index in [0.717, 1.165) is 0 Å². The molecule has 0 saturated carbocycles. The lowest BCUT2D eigenvalue weighted by Gasteiger charge is -2.39. The number of carbonyl (C=O) groups excluding carboxylic acids is 1. The molecule has 0 radical (unpaired) electrons. The predicted octanol–water partition coefficient (Wildman–Crippen LogP) is 0.187. The van der Waals surface area contributed by atoms with Gasteiger partial charge in [-0.1, -0.05) is 12.1 Å². The van der Waals surface area contributed by atoms with Gasteiger partial charge >= 0.3 is 0 Å². The zero-order chi connectivity index (χ0) is 21.4. The molecule has 4 rings (SSSR count). The Morgan fingerprint density at radius 2 is 1.73 bits per heavy atom. The zero-order valence-electron chi connectivity index (χ0n) is 15.6. The number of benzene rings is 2. The van der Waals surface area contributed by atoms with Crippen molar-refractivity contribution < 1.29 is 44.5 Å². The van der Waals surface area contributed by atoms with Crippen LogP contribution < -0.4 is 9.47 Å². The number of aliphatic hydroxyl groups is 4. The average Bonchev–Trinajstić information content (AvgIpc) is 3.05. The number of ether oxygens (including phenoxy) is 3. The molecule has 1 saturated heterocycles. The van der Waals surface area contributed by atoms with Crippen molar-refractivity contribution in [3.05, 3.63) is 59.4 Å². The van der Waals surface area contributed by atoms with Gasteiger partial charge in [0.2, 0.25) is 12.1 Å². The second-order valence-electron chi connectivity index (χ2n) is 7.00. The first-order valence-corrected chi connectivity index (χ1v) is 9.22. The maximum atomic E-state index is 12.5. The van der Waals surface area contributed by atoms with Gasteiger partial charge in [0.15, 0.2) is 5.76 Å². The molecule has 2 aliphatic heterocycles. The van der Waals surface area contributed by atoms with Crippen LogP contribution in [0, 0.1) is 0 Å². The quantitative estimate of drug-likeness (QED) is 0.441. The molecule has 2 aromatic carbocycles. The number of aliphatic hydroxyl groups excluding tert-OH is 4. The van der Waals surface area contributed by atoms with Crippen LogP contribution in [0.15, 0.2) is 48.2 Å². The number of rotatable bonds is 4. The van der Waals surface area contributed by atoms with Crippen LogP contribution in [-0.4, -0.2) is 68.6 Å². The number of carbonyl (C=O) groups is 1. The fourth-order valence-corrected chi connectivity index (χ4v) is 3.26. The zero-order valence-corrected chi connectivity index (χ0v) is 15.6. The van der Waals surface area contributed by atoms with E-state index in [-0.39, 0.29) is 28.8 Å². The molecule has 5 atom stereocenters. The molecule has 0 bridgehead atoms. The summed E-state index contributed by atoms with van der Waals surface area (Å²) in [5.41, 5.74) is 0.989. The number of Topliss-reactive ketones (excluding diaryl/α,β-unsaturated/α-hetero) is 1. The minimum Gasteiger partial charge on any atom is -0.508 e. The summed E-state index contributed by atoms with van der Waals surface area (Å²) in [4.78, 5) is 12.5. The van der Waals surface area contributed by atoms with Crippen LogP contribution in [0.3, 0.4) is 0 Å². The maximum Gasteiger partial charge on any atom is 0.231 e. The minimum absolute atomic E-state index is 0.0979. The number of ketones is 1. The summed E-state index contributed by atoms with van der Waals surface area (Å²) in [7, 11) is 0. The van der Waals surface area contributed by atoms with E-state index in [9.17, 15) is 30.3 Å². The van der Waals surface area contributed by atoms with Crippen molar-refractivity contribution in [2.75, 3.05) is 6.61 Å². The highest BCUT2D eigenvalue weighted by Gasteiger charge is 2.44. The van der Waals surface area contributed by atoms with Gasteiger partial charge < -0.3 is 39.7 Å². The summed E-state index contributed by atoms with van der Waals surface area (Å²) in [6.07, 6.45) is -5.50. The van der Waals surface area contributed by atoms with E-state index in [4.69, 9.17) is 14.2 Å². The van der Waals surface area contributed by atoms with Crippen LogP contribution in [0.4, 0.5) is 0 Å². The molecule has 0 aliphatic carbocycles. The lowest BCUT2D eigenvalue weighted by Crippen LogP contribution is -2.60. The van der Waals surface area contributed by atoms with Gasteiger partial charge in [-0.2, -0.15) is 0 Å². The largest absolute Gasteiger partial charge is 0.508 e. The molecule has 9 heteroatoms. The van der Waals surface area contributed by atoms with Crippen LogP contribution in [0.5, 0.6) is 17.2 Å². The summed E-state index contributed by atoms with van der Waals surface area (Å²) in [6, 6.07) is 10.7. The van der Waals surface area contributed by atoms with Gasteiger partial charge in [0.25, 0.3) is 0 Å². The predicted molar refractivity (Wildman–Crippen MR) is 102 cm³/mol. The number of fused-ring (bicyclic) bond motifs is 1. The Labute approximate surface area is 171 Å². The number of phenolic OH excluding ortho intramolecular Hbond substituents is 1. The van der Waals surface area contributed by atoms with Gasteiger partial charge in [-0.15, -0.1) is 0 Å². The molecule has 2 unspecified atom stereocenters. The highest BCUT2D eigenvalue weighted by Crippen LogP contribution is 2.36. The molecule has 1 fully saturated rings. The van der Waals surface area contributed by atoms with E-state index in [2.05, 4.69) is 0 Å². The van der Waals surface area contributed by atoms with E-state index in [1.165, 1.54) is 30.3 Å². The van der Waals surface area contributed by atoms with Crippen molar-refractivity contribution in [3.8, 4) is 17.2 Å². The minimum atomic E-state index is -1.56. The maximum absolute atomic E-state index is 12.5. The molecule has 0 spiro atoms. The Morgan fingerprint density at radius 3 is 2.43 bits per heavy atom. The van der Waals surface area contributed by atoms with Crippen molar-refractivity contribution in [3.63, 3.8) is 0 Å². The Hall–Kier alpha value is -2.95. The van der Waals surface area contributed by atoms with Gasteiger partial charge in [-0.25, -0.2) is 0 Å². The fraction of sp³-hybridized carbons (Fsp3) is 0.286. The topological polar surface area (TPSA) is 146 Å². The number of allylic oxidation sites excluding steroid dienone is 1. The van der Waals surface area contributed by atoms with E-state index in [1.807, 2.05) is 0 Å². The van der Waals surface area contributed by atoms with Crippen molar-refractivity contribution >= 4 is 11.9 Å². The smallest absolute Gasteiger partial charge is 0.231 e. The Kier molecular flexibility index (Phi) is 5.46. The highest BCUT2D eigenvalue weighted by atomic mass is 16.7. The van der Waals surface area contributed by atoms with Gasteiger partial charge in [-0.05, 0) is 35.9 Å². The second kappa shape index (κ2) is 8.05. The first kappa shape index (κ1) is 20.3. The van der Waals surface area contributed by atoms with E-state index in [0.29, 0.717) is 11.1 Å². The number of hydrogen-bond donors (Lipinski definition) is 5. The third kappa shape index (κ3) is 3.76. The summed E-state index contributed by atoms with van der Waals surface area (Å²) >= 11 is 0. The first-order valence-electron chi connectivity index (χ1n) is 9.22. The molecule has 2 aromatic rings. The van der Waals surface area contributed by atoms with Gasteiger partial charge in [0.1, 0.15) is 41.7 Å². The highest BCUT2D eigenvalue weighted by molar-refractivity contribution is 6.14. The molecule has 0 amide bonds. The average molecular weight is 416 g/mol. The second-order valence-corrected chi connectivity index (χ2v) is 7.00. The van der Waals surface area contributed by atoms with Crippen LogP contribution in [0.2, 0.25) is 0 Å². The van der Waals surface area contributed by atoms with Crippen LogP contribution in [0.1, 0.15) is 15.9 Å². The Balaban J connectivity index is 1.52. The van der Waals surface area contributed by atoms with Crippen molar-refractivity contribution in [2.45, 2.75) is 30.7 Å².